The molecule has 0 saturated heterocycles. The first-order valence-corrected chi connectivity index (χ1v) is 6.69. The molecule has 0 aliphatic heterocycles. The van der Waals surface area contributed by atoms with Crippen molar-refractivity contribution in [2.24, 2.45) is 0 Å². The molecule has 1 heterocycles. The van der Waals surface area contributed by atoms with Gasteiger partial charge in [0.25, 0.3) is 0 Å². The van der Waals surface area contributed by atoms with Crippen LogP contribution in [0.3, 0.4) is 0 Å². The molecule has 0 aliphatic rings. The summed E-state index contributed by atoms with van der Waals surface area (Å²) in [5, 5.41) is 0. The van der Waals surface area contributed by atoms with Crippen molar-refractivity contribution in [3.8, 4) is 0 Å². The summed E-state index contributed by atoms with van der Waals surface area (Å²) in [5.41, 5.74) is 0. The monoisotopic (exact) mass is 321 g/mol. The minimum absolute atomic E-state index is 0.955. The Morgan fingerprint density at radius 1 is 1.88 bits per heavy atom. The number of nitrogens with zero attached hydrogens (tertiary/aromatic N) is 1. The topological polar surface area (TPSA) is 12.9 Å². The molecule has 1 aromatic heterocycles. The van der Waals surface area contributed by atoms with Crippen molar-refractivity contribution >= 4 is 57.4 Å². The van der Waals surface area contributed by atoms with E-state index in [0.29, 0.717) is 0 Å². The Balaban J connectivity index is 2.84. The zero-order chi connectivity index (χ0) is 5.98. The van der Waals surface area contributed by atoms with Crippen molar-refractivity contribution in [1.29, 1.82) is 0 Å². The average molecular weight is 322 g/mol. The molecule has 0 fully saturated rings. The van der Waals surface area contributed by atoms with E-state index < -0.39 is 0 Å². The highest BCUT2D eigenvalue weighted by atomic mass is 127. The molecule has 0 bridgehead atoms. The third-order valence-corrected chi connectivity index (χ3v) is 4.88. The van der Waals surface area contributed by atoms with Gasteiger partial charge in [0.05, 0.1) is 10.4 Å². The first-order valence-electron chi connectivity index (χ1n) is 1.73. The smallest absolute Gasteiger partial charge is 0.160 e. The summed E-state index contributed by atoms with van der Waals surface area (Å²) in [5.74, 6) is 0. The lowest BCUT2D eigenvalue weighted by Gasteiger charge is -1.74. The summed E-state index contributed by atoms with van der Waals surface area (Å²) in [6, 6.07) is 0. The van der Waals surface area contributed by atoms with Crippen molar-refractivity contribution in [3.63, 3.8) is 0 Å². The molecular weight excluding hydrogens is 321 g/mol. The molecule has 1 nitrogen and oxygen atoms in total. The van der Waals surface area contributed by atoms with Crippen LogP contribution in [0.4, 0.5) is 0 Å². The molecule has 0 saturated carbocycles. The molecule has 1 rings (SSSR count). The lowest BCUT2D eigenvalue weighted by Crippen LogP contribution is -1.49. The van der Waals surface area contributed by atoms with Crippen LogP contribution in [0.25, 0.3) is 0 Å². The molecule has 0 spiro atoms. The molecule has 0 unspecified atom stereocenters. The Bertz CT molecular complexity index is 178. The Morgan fingerprint density at radius 3 is 2.88 bits per heavy atom. The van der Waals surface area contributed by atoms with Crippen LogP contribution in [-0.4, -0.2) is 4.98 Å². The molecular formula is C3HBrINS2. The molecule has 44 valence electrons. The predicted octanol–water partition coefficient (Wildman–Crippen LogP) is 3.35. The highest BCUT2D eigenvalue weighted by Crippen LogP contribution is 2.32. The SMILES string of the molecule is Brc1ncc(SI)s1. The van der Waals surface area contributed by atoms with E-state index in [0.717, 1.165) is 3.92 Å². The summed E-state index contributed by atoms with van der Waals surface area (Å²) < 4.78 is 2.19. The number of halogens is 2. The van der Waals surface area contributed by atoms with Crippen LogP contribution in [0.1, 0.15) is 0 Å². The van der Waals surface area contributed by atoms with E-state index in [2.05, 4.69) is 42.1 Å². The number of hydrogen-bond donors (Lipinski definition) is 0. The Labute approximate surface area is 76.0 Å². The van der Waals surface area contributed by atoms with E-state index in [4.69, 9.17) is 0 Å². The lowest BCUT2D eigenvalue weighted by atomic mass is 11.0. The maximum Gasteiger partial charge on any atom is 0.160 e. The van der Waals surface area contributed by atoms with Gasteiger partial charge in [-0.3, -0.25) is 0 Å². The van der Waals surface area contributed by atoms with Crippen molar-refractivity contribution < 1.29 is 0 Å². The Kier molecular flexibility index (Phi) is 3.08. The fraction of sp³-hybridized carbons (Fsp3) is 0. The lowest BCUT2D eigenvalue weighted by molar-refractivity contribution is 1.35. The van der Waals surface area contributed by atoms with Crippen LogP contribution in [-0.2, 0) is 0 Å². The predicted molar refractivity (Wildman–Crippen MR) is 49.7 cm³/mol. The molecule has 0 radical (unpaired) electrons. The largest absolute Gasteiger partial charge is 0.236 e. The third kappa shape index (κ3) is 1.85. The first-order chi connectivity index (χ1) is 3.83. The van der Waals surface area contributed by atoms with Gasteiger partial charge < -0.3 is 0 Å². The maximum atomic E-state index is 4.00. The number of rotatable bonds is 1. The van der Waals surface area contributed by atoms with Gasteiger partial charge in [0.1, 0.15) is 0 Å². The van der Waals surface area contributed by atoms with Gasteiger partial charge in [0, 0.05) is 21.2 Å². The second-order valence-electron chi connectivity index (χ2n) is 1.01. The maximum absolute atomic E-state index is 4.00. The Morgan fingerprint density at radius 2 is 2.62 bits per heavy atom. The van der Waals surface area contributed by atoms with Crippen LogP contribution >= 0.6 is 57.4 Å². The van der Waals surface area contributed by atoms with E-state index in [1.807, 2.05) is 6.20 Å². The molecule has 0 atom stereocenters. The Hall–Kier alpha value is 1.19. The van der Waals surface area contributed by atoms with Crippen LogP contribution in [0, 0.1) is 0 Å². The van der Waals surface area contributed by atoms with Crippen LogP contribution in [0.2, 0.25) is 0 Å². The average Bonchev–Trinajstić information content (AvgIpc) is 2.14. The van der Waals surface area contributed by atoms with Gasteiger partial charge >= 0.3 is 0 Å². The zero-order valence-electron chi connectivity index (χ0n) is 3.60. The van der Waals surface area contributed by atoms with Gasteiger partial charge in [-0.2, -0.15) is 0 Å². The zero-order valence-corrected chi connectivity index (χ0v) is 8.97. The van der Waals surface area contributed by atoms with Crippen molar-refractivity contribution in [2.45, 2.75) is 4.21 Å². The standard InChI is InChI=1S/C3HBrINS2/c4-3-6-1-2(7-3)8-5/h1H. The molecule has 0 N–H and O–H groups in total. The van der Waals surface area contributed by atoms with Crippen LogP contribution in [0.5, 0.6) is 0 Å². The van der Waals surface area contributed by atoms with E-state index >= 15 is 0 Å². The molecule has 0 amide bonds. The molecule has 0 aromatic carbocycles. The second kappa shape index (κ2) is 3.38. The molecule has 5 heteroatoms. The summed E-state index contributed by atoms with van der Waals surface area (Å²) in [6.07, 6.45) is 1.85. The minimum Gasteiger partial charge on any atom is -0.236 e. The fourth-order valence-electron chi connectivity index (χ4n) is 0.275. The second-order valence-corrected chi connectivity index (χ2v) is 5.49. The van der Waals surface area contributed by atoms with Crippen molar-refractivity contribution in [2.75, 3.05) is 0 Å². The highest BCUT2D eigenvalue weighted by molar-refractivity contribution is 14.2. The van der Waals surface area contributed by atoms with Crippen molar-refractivity contribution in [3.05, 3.63) is 10.1 Å². The summed E-state index contributed by atoms with van der Waals surface area (Å²) in [4.78, 5) is 4.00. The quantitative estimate of drug-likeness (QED) is 0.736. The van der Waals surface area contributed by atoms with E-state index in [-0.39, 0.29) is 0 Å². The van der Waals surface area contributed by atoms with Gasteiger partial charge in [0.15, 0.2) is 3.92 Å². The summed E-state index contributed by atoms with van der Waals surface area (Å²) in [6.45, 7) is 0. The van der Waals surface area contributed by atoms with Gasteiger partial charge in [-0.15, -0.1) is 0 Å². The number of thiazole rings is 1. The van der Waals surface area contributed by atoms with Gasteiger partial charge in [0.2, 0.25) is 0 Å². The normalized spacial score (nSPS) is 9.75. The van der Waals surface area contributed by atoms with E-state index in [1.54, 1.807) is 20.3 Å². The molecule has 8 heavy (non-hydrogen) atoms. The van der Waals surface area contributed by atoms with Gasteiger partial charge in [-0.1, -0.05) is 11.3 Å². The summed E-state index contributed by atoms with van der Waals surface area (Å²) in [7, 11) is 1.69. The molecule has 0 aliphatic carbocycles. The van der Waals surface area contributed by atoms with Crippen LogP contribution in [0.15, 0.2) is 14.3 Å². The van der Waals surface area contributed by atoms with Crippen LogP contribution < -0.4 is 0 Å². The first kappa shape index (κ1) is 7.30. The van der Waals surface area contributed by atoms with Gasteiger partial charge in [-0.25, -0.2) is 4.98 Å². The number of hydrogen-bond acceptors (Lipinski definition) is 3. The summed E-state index contributed by atoms with van der Waals surface area (Å²) >= 11 is 7.15. The molecule has 1 aromatic rings. The third-order valence-electron chi connectivity index (χ3n) is 0.532. The van der Waals surface area contributed by atoms with Crippen molar-refractivity contribution in [1.82, 2.24) is 4.98 Å². The van der Waals surface area contributed by atoms with E-state index in [1.165, 1.54) is 4.21 Å². The highest BCUT2D eigenvalue weighted by Gasteiger charge is 1.94. The number of aromatic nitrogens is 1. The minimum atomic E-state index is 0.955. The van der Waals surface area contributed by atoms with E-state index in [9.17, 15) is 0 Å². The van der Waals surface area contributed by atoms with Gasteiger partial charge in [-0.05, 0) is 24.9 Å². The fourth-order valence-corrected chi connectivity index (χ4v) is 3.20.